The number of aromatic amines is 2. The fourth-order valence-electron chi connectivity index (χ4n) is 6.89. The summed E-state index contributed by atoms with van der Waals surface area (Å²) in [7, 11) is 6.30. The van der Waals surface area contributed by atoms with Crippen molar-refractivity contribution in [3.05, 3.63) is 60.4 Å². The molecule has 0 radical (unpaired) electrons. The number of amides is 3. The Kier molecular flexibility index (Phi) is 16.5. The third-order valence-corrected chi connectivity index (χ3v) is 9.93. The topological polar surface area (TPSA) is 194 Å². The molecule has 1 fully saturated rings. The number of aromatic nitrogens is 4. The lowest BCUT2D eigenvalue weighted by molar-refractivity contribution is -0.135. The van der Waals surface area contributed by atoms with Gasteiger partial charge in [-0.15, -0.1) is 0 Å². The average molecular weight is 803 g/mol. The van der Waals surface area contributed by atoms with Crippen molar-refractivity contribution in [1.29, 1.82) is 0 Å². The smallest absolute Gasteiger partial charge is 0.407 e. The van der Waals surface area contributed by atoms with E-state index in [2.05, 4.69) is 30.9 Å². The number of rotatable bonds is 22. The number of imidazole rings is 2. The van der Waals surface area contributed by atoms with Gasteiger partial charge in [0.05, 0.1) is 56.7 Å². The molecule has 4 aromatic rings. The lowest BCUT2D eigenvalue weighted by Gasteiger charge is -2.30. The van der Waals surface area contributed by atoms with E-state index in [9.17, 15) is 14.4 Å². The van der Waals surface area contributed by atoms with E-state index in [1.54, 1.807) is 32.4 Å². The minimum atomic E-state index is -0.723. The second kappa shape index (κ2) is 21.9. The van der Waals surface area contributed by atoms with Gasteiger partial charge in [-0.25, -0.2) is 14.8 Å². The number of hydrogen-bond donors (Lipinski definition) is 5. The van der Waals surface area contributed by atoms with Gasteiger partial charge in [0, 0.05) is 44.9 Å². The first-order valence-electron chi connectivity index (χ1n) is 19.8. The molecule has 1 aliphatic rings. The number of benzene rings is 2. The summed E-state index contributed by atoms with van der Waals surface area (Å²) in [6, 6.07) is 11.1. The van der Waals surface area contributed by atoms with Gasteiger partial charge in [-0.1, -0.05) is 26.0 Å². The van der Waals surface area contributed by atoms with Crippen molar-refractivity contribution in [3.63, 3.8) is 0 Å². The van der Waals surface area contributed by atoms with E-state index in [1.807, 2.05) is 56.4 Å². The van der Waals surface area contributed by atoms with Crippen molar-refractivity contribution in [3.8, 4) is 45.1 Å². The first-order valence-corrected chi connectivity index (χ1v) is 19.8. The summed E-state index contributed by atoms with van der Waals surface area (Å²) < 4.78 is 27.9. The molecule has 0 spiro atoms. The number of carbonyl (C=O) groups is 3. The Hall–Kier alpha value is -5.45. The molecule has 3 heterocycles. The molecule has 2 aromatic heterocycles. The highest BCUT2D eigenvalue weighted by Crippen LogP contribution is 2.39. The van der Waals surface area contributed by atoms with Crippen LogP contribution in [0.4, 0.5) is 4.79 Å². The zero-order valence-corrected chi connectivity index (χ0v) is 34.4. The third kappa shape index (κ3) is 11.6. The molecular weight excluding hydrogens is 745 g/mol. The van der Waals surface area contributed by atoms with E-state index in [0.29, 0.717) is 63.4 Å². The molecule has 5 rings (SSSR count). The fraction of sp³-hybridized carbons (Fsp3) is 0.500. The van der Waals surface area contributed by atoms with E-state index in [4.69, 9.17) is 28.7 Å². The van der Waals surface area contributed by atoms with Crippen LogP contribution >= 0.6 is 0 Å². The van der Waals surface area contributed by atoms with E-state index in [0.717, 1.165) is 71.6 Å². The summed E-state index contributed by atoms with van der Waals surface area (Å²) in [6.07, 6.45) is 6.96. The number of likely N-dealkylation sites (tertiary alicyclic amines) is 1. The maximum atomic E-state index is 13.7. The number of carbonyl (C=O) groups excluding carboxylic acids is 3. The number of nitrogens with zero attached hydrogens (tertiary/aromatic N) is 3. The van der Waals surface area contributed by atoms with Crippen molar-refractivity contribution >= 4 is 17.9 Å². The molecule has 58 heavy (non-hydrogen) atoms. The van der Waals surface area contributed by atoms with Crippen LogP contribution in [0.3, 0.4) is 0 Å². The summed E-state index contributed by atoms with van der Waals surface area (Å²) in [6.45, 7) is 6.80. The Morgan fingerprint density at radius 1 is 0.862 bits per heavy atom. The lowest BCUT2D eigenvalue weighted by atomic mass is 9.99. The van der Waals surface area contributed by atoms with Crippen LogP contribution in [0.5, 0.6) is 11.5 Å². The summed E-state index contributed by atoms with van der Waals surface area (Å²) >= 11 is 0. The highest BCUT2D eigenvalue weighted by Gasteiger charge is 2.37. The minimum absolute atomic E-state index is 0.0134. The molecule has 2 atom stereocenters. The monoisotopic (exact) mass is 802 g/mol. The van der Waals surface area contributed by atoms with Gasteiger partial charge in [-0.05, 0) is 74.0 Å². The summed E-state index contributed by atoms with van der Waals surface area (Å²) in [5.41, 5.74) is 5.10. The summed E-state index contributed by atoms with van der Waals surface area (Å²) in [5.74, 6) is 2.52. The van der Waals surface area contributed by atoms with Gasteiger partial charge in [0.25, 0.3) is 0 Å². The molecule has 0 bridgehead atoms. The molecule has 3 amide bonds. The van der Waals surface area contributed by atoms with Gasteiger partial charge in [0.15, 0.2) is 0 Å². The highest BCUT2D eigenvalue weighted by molar-refractivity contribution is 5.86. The SMILES string of the molecule is CNCC(=O)NCCCCc1ncc(-c2ccc(-c3ccc(-c4cnc(C5CCCN5C(=O)C(NC(=O)OC)C(C)C)[nH]4)c(OCCOC)c3)cc2OCCOC)[nH]1. The van der Waals surface area contributed by atoms with Crippen molar-refractivity contribution in [2.24, 2.45) is 5.92 Å². The number of alkyl carbamates (subject to hydrolysis) is 1. The molecule has 16 heteroatoms. The fourth-order valence-corrected chi connectivity index (χ4v) is 6.89. The molecule has 5 N–H and O–H groups in total. The maximum absolute atomic E-state index is 13.7. The van der Waals surface area contributed by atoms with E-state index in [1.165, 1.54) is 7.11 Å². The summed E-state index contributed by atoms with van der Waals surface area (Å²) in [5, 5.41) is 8.46. The van der Waals surface area contributed by atoms with Crippen LogP contribution in [0.2, 0.25) is 0 Å². The van der Waals surface area contributed by atoms with Crippen LogP contribution < -0.4 is 25.4 Å². The van der Waals surface area contributed by atoms with Crippen LogP contribution in [-0.4, -0.2) is 123 Å². The molecule has 0 aliphatic carbocycles. The second-order valence-corrected chi connectivity index (χ2v) is 14.4. The van der Waals surface area contributed by atoms with Crippen LogP contribution in [0.1, 0.15) is 57.2 Å². The van der Waals surface area contributed by atoms with Crippen molar-refractivity contribution in [2.75, 3.05) is 74.4 Å². The quantitative estimate of drug-likeness (QED) is 0.0680. The Morgan fingerprint density at radius 2 is 1.50 bits per heavy atom. The predicted molar refractivity (Wildman–Crippen MR) is 220 cm³/mol. The van der Waals surface area contributed by atoms with Gasteiger partial charge in [-0.2, -0.15) is 0 Å². The Balaban J connectivity index is 1.37. The molecule has 2 aromatic carbocycles. The van der Waals surface area contributed by atoms with Crippen molar-refractivity contribution in [2.45, 2.75) is 58.0 Å². The Bertz CT molecular complexity index is 1950. The van der Waals surface area contributed by atoms with E-state index >= 15 is 0 Å². The molecule has 314 valence electrons. The molecular formula is C42H58N8O8. The van der Waals surface area contributed by atoms with Gasteiger partial charge < -0.3 is 54.5 Å². The number of nitrogens with one attached hydrogen (secondary N) is 5. The number of ether oxygens (including phenoxy) is 5. The van der Waals surface area contributed by atoms with Gasteiger partial charge in [0.1, 0.15) is 42.4 Å². The van der Waals surface area contributed by atoms with Crippen molar-refractivity contribution in [1.82, 2.24) is 40.8 Å². The number of H-pyrrole nitrogens is 2. The third-order valence-electron chi connectivity index (χ3n) is 9.93. The largest absolute Gasteiger partial charge is 0.490 e. The minimum Gasteiger partial charge on any atom is -0.490 e. The van der Waals surface area contributed by atoms with Crippen LogP contribution in [-0.2, 0) is 30.2 Å². The number of likely N-dealkylation sites (N-methyl/N-ethyl adjacent to an activating group) is 1. The molecule has 2 unspecified atom stereocenters. The average Bonchev–Trinajstić information content (AvgIpc) is 4.02. The van der Waals surface area contributed by atoms with Gasteiger partial charge in [0.2, 0.25) is 11.8 Å². The zero-order valence-electron chi connectivity index (χ0n) is 34.4. The van der Waals surface area contributed by atoms with E-state index in [-0.39, 0.29) is 23.8 Å². The van der Waals surface area contributed by atoms with Crippen LogP contribution in [0, 0.1) is 5.92 Å². The number of unbranched alkanes of at least 4 members (excludes halogenated alkanes) is 1. The maximum Gasteiger partial charge on any atom is 0.407 e. The predicted octanol–water partition coefficient (Wildman–Crippen LogP) is 4.89. The lowest BCUT2D eigenvalue weighted by Crippen LogP contribution is -2.51. The van der Waals surface area contributed by atoms with Gasteiger partial charge >= 0.3 is 6.09 Å². The molecule has 16 nitrogen and oxygen atoms in total. The molecule has 1 saturated heterocycles. The Morgan fingerprint density at radius 3 is 2.10 bits per heavy atom. The number of aryl methyl sites for hydroxylation is 1. The van der Waals surface area contributed by atoms with Crippen LogP contribution in [0.15, 0.2) is 48.8 Å². The first-order chi connectivity index (χ1) is 28.2. The van der Waals surface area contributed by atoms with Crippen LogP contribution in [0.25, 0.3) is 33.6 Å². The standard InChI is InChI=1S/C42H58N8O8/c1-27(2)39(49-42(53)56-6)41(52)50-17-9-10-34(50)40-46-25-33(48-40)31-15-13-29(23-36(31)58-21-19-55-5)28-12-14-30(35(22-28)57-20-18-54-4)32-24-45-37(47-32)11-7-8-16-44-38(51)26-43-3/h12-15,22-25,27,34,39,43H,7-11,16-21,26H2,1-6H3,(H,44,51)(H,45,47)(H,46,48)(H,49,53). The van der Waals surface area contributed by atoms with Gasteiger partial charge in [-0.3, -0.25) is 9.59 Å². The second-order valence-electron chi connectivity index (χ2n) is 14.4. The zero-order chi connectivity index (χ0) is 41.4. The number of methoxy groups -OCH3 is 3. The van der Waals surface area contributed by atoms with E-state index < -0.39 is 12.1 Å². The molecule has 0 saturated carbocycles. The van der Waals surface area contributed by atoms with Crippen molar-refractivity contribution < 1.29 is 38.1 Å². The number of hydrogen-bond acceptors (Lipinski definition) is 11. The Labute approximate surface area is 340 Å². The molecule has 1 aliphatic heterocycles. The highest BCUT2D eigenvalue weighted by atomic mass is 16.5. The normalized spacial score (nSPS) is 14.4. The first kappa shape index (κ1) is 43.7. The summed E-state index contributed by atoms with van der Waals surface area (Å²) in [4.78, 5) is 55.5.